The lowest BCUT2D eigenvalue weighted by Crippen LogP contribution is -2.53. The molecule has 0 saturated carbocycles. The van der Waals surface area contributed by atoms with E-state index in [1.54, 1.807) is 41.9 Å². The molecule has 2 aromatic rings. The van der Waals surface area contributed by atoms with Crippen molar-refractivity contribution in [2.24, 2.45) is 0 Å². The lowest BCUT2D eigenvalue weighted by Gasteiger charge is -2.37. The van der Waals surface area contributed by atoms with Crippen molar-refractivity contribution in [2.45, 2.75) is 58.2 Å². The van der Waals surface area contributed by atoms with Crippen molar-refractivity contribution in [3.8, 4) is 0 Å². The van der Waals surface area contributed by atoms with Crippen LogP contribution in [0, 0.1) is 0 Å². The van der Waals surface area contributed by atoms with Gasteiger partial charge in [-0.3, -0.25) is 9.59 Å². The number of carbonyl (C=O) groups is 3. The molecular formula is C23H27N3O4S. The largest absolute Gasteiger partial charge is 0.444 e. The van der Waals surface area contributed by atoms with Gasteiger partial charge in [-0.15, -0.1) is 0 Å². The maximum absolute atomic E-state index is 13.5. The van der Waals surface area contributed by atoms with Crippen molar-refractivity contribution in [1.29, 1.82) is 0 Å². The molecule has 8 heteroatoms. The van der Waals surface area contributed by atoms with E-state index < -0.39 is 17.7 Å². The molecule has 1 atom stereocenters. The highest BCUT2D eigenvalue weighted by Gasteiger charge is 2.38. The van der Waals surface area contributed by atoms with Gasteiger partial charge in [0.2, 0.25) is 11.8 Å². The zero-order valence-electron chi connectivity index (χ0n) is 18.0. The number of rotatable bonds is 4. The van der Waals surface area contributed by atoms with Crippen molar-refractivity contribution in [2.75, 3.05) is 16.3 Å². The van der Waals surface area contributed by atoms with Gasteiger partial charge < -0.3 is 19.9 Å². The molecule has 1 unspecified atom stereocenters. The number of thiophene rings is 1. The van der Waals surface area contributed by atoms with Crippen LogP contribution >= 0.6 is 11.3 Å². The average molecular weight is 442 g/mol. The number of benzene rings is 1. The van der Waals surface area contributed by atoms with Crippen molar-refractivity contribution in [3.05, 3.63) is 46.2 Å². The topological polar surface area (TPSA) is 79.0 Å². The predicted octanol–water partition coefficient (Wildman–Crippen LogP) is 3.86. The first-order valence-corrected chi connectivity index (χ1v) is 11.4. The lowest BCUT2D eigenvalue weighted by molar-refractivity contribution is -0.121. The van der Waals surface area contributed by atoms with Crippen molar-refractivity contribution in [3.63, 3.8) is 0 Å². The number of amides is 3. The monoisotopic (exact) mass is 441 g/mol. The maximum Gasteiger partial charge on any atom is 0.408 e. The summed E-state index contributed by atoms with van der Waals surface area (Å²) in [5.74, 6) is -0.131. The smallest absolute Gasteiger partial charge is 0.408 e. The summed E-state index contributed by atoms with van der Waals surface area (Å²) in [6, 6.07) is 7.01. The van der Waals surface area contributed by atoms with Crippen LogP contribution in [0.1, 0.15) is 44.7 Å². The van der Waals surface area contributed by atoms with E-state index >= 15 is 0 Å². The van der Waals surface area contributed by atoms with Crippen LogP contribution in [0.3, 0.4) is 0 Å². The average Bonchev–Trinajstić information content (AvgIpc) is 3.34. The van der Waals surface area contributed by atoms with Gasteiger partial charge in [0, 0.05) is 19.4 Å². The number of alkyl carbamates (subject to hydrolysis) is 1. The second-order valence-corrected chi connectivity index (χ2v) is 9.67. The van der Waals surface area contributed by atoms with E-state index in [0.29, 0.717) is 25.9 Å². The third-order valence-corrected chi connectivity index (χ3v) is 6.06. The van der Waals surface area contributed by atoms with Gasteiger partial charge in [-0.2, -0.15) is 11.3 Å². The number of hydrogen-bond acceptors (Lipinski definition) is 5. The van der Waals surface area contributed by atoms with Crippen LogP contribution in [0.15, 0.2) is 35.0 Å². The second kappa shape index (κ2) is 8.34. The van der Waals surface area contributed by atoms with Crippen LogP contribution in [-0.4, -0.2) is 36.1 Å². The maximum atomic E-state index is 13.5. The Balaban J connectivity index is 1.70. The molecule has 0 spiro atoms. The fourth-order valence-electron chi connectivity index (χ4n) is 4.07. The Hall–Kier alpha value is -2.87. The predicted molar refractivity (Wildman–Crippen MR) is 120 cm³/mol. The third-order valence-electron chi connectivity index (χ3n) is 5.33. The van der Waals surface area contributed by atoms with Crippen LogP contribution in [-0.2, 0) is 27.3 Å². The van der Waals surface area contributed by atoms with Gasteiger partial charge in [-0.25, -0.2) is 4.79 Å². The number of fused-ring (bicyclic) bond motifs is 1. The molecule has 0 aliphatic carbocycles. The number of nitrogens with one attached hydrogen (secondary N) is 1. The van der Waals surface area contributed by atoms with E-state index in [1.165, 1.54) is 0 Å². The molecule has 1 saturated heterocycles. The Morgan fingerprint density at radius 3 is 2.71 bits per heavy atom. The molecule has 2 aliphatic rings. The van der Waals surface area contributed by atoms with Gasteiger partial charge in [0.1, 0.15) is 11.6 Å². The van der Waals surface area contributed by atoms with Crippen LogP contribution in [0.25, 0.3) is 0 Å². The van der Waals surface area contributed by atoms with Crippen molar-refractivity contribution >= 4 is 40.6 Å². The van der Waals surface area contributed by atoms with E-state index in [2.05, 4.69) is 5.32 Å². The molecular weight excluding hydrogens is 414 g/mol. The highest BCUT2D eigenvalue weighted by atomic mass is 32.1. The van der Waals surface area contributed by atoms with Gasteiger partial charge in [0.15, 0.2) is 0 Å². The summed E-state index contributed by atoms with van der Waals surface area (Å²) >= 11 is 1.57. The SMILES string of the molecule is CC(C)(C)OC(=O)NC1Cc2cccc(N3CCCC3=O)c2N(Cc2ccsc2)C1=O. The Labute approximate surface area is 186 Å². The first-order chi connectivity index (χ1) is 14.7. The Morgan fingerprint density at radius 1 is 1.26 bits per heavy atom. The molecule has 0 bridgehead atoms. The van der Waals surface area contributed by atoms with Gasteiger partial charge >= 0.3 is 6.09 Å². The minimum atomic E-state index is -0.731. The first-order valence-electron chi connectivity index (χ1n) is 10.5. The molecule has 164 valence electrons. The fraction of sp³-hybridized carbons (Fsp3) is 0.435. The summed E-state index contributed by atoms with van der Waals surface area (Å²) in [6.45, 7) is 6.38. The van der Waals surface area contributed by atoms with Gasteiger partial charge in [0.25, 0.3) is 0 Å². The number of para-hydroxylation sites is 1. The summed E-state index contributed by atoms with van der Waals surface area (Å²) in [5.41, 5.74) is 2.80. The highest BCUT2D eigenvalue weighted by Crippen LogP contribution is 2.40. The summed E-state index contributed by atoms with van der Waals surface area (Å²) in [7, 11) is 0. The van der Waals surface area contributed by atoms with Crippen LogP contribution in [0.2, 0.25) is 0 Å². The Kier molecular flexibility index (Phi) is 5.75. The number of ether oxygens (including phenoxy) is 1. The molecule has 3 heterocycles. The molecule has 7 nitrogen and oxygen atoms in total. The molecule has 1 aromatic heterocycles. The first kappa shape index (κ1) is 21.4. The Bertz CT molecular complexity index is 997. The molecule has 2 aliphatic heterocycles. The minimum absolute atomic E-state index is 0.0744. The van der Waals surface area contributed by atoms with E-state index in [9.17, 15) is 14.4 Å². The minimum Gasteiger partial charge on any atom is -0.444 e. The van der Waals surface area contributed by atoms with E-state index in [-0.39, 0.29) is 11.8 Å². The number of carbonyl (C=O) groups excluding carboxylic acids is 3. The van der Waals surface area contributed by atoms with Crippen LogP contribution in [0.4, 0.5) is 16.2 Å². The van der Waals surface area contributed by atoms with E-state index in [4.69, 9.17) is 4.74 Å². The quantitative estimate of drug-likeness (QED) is 0.782. The number of hydrogen-bond donors (Lipinski definition) is 1. The molecule has 4 rings (SSSR count). The molecule has 0 radical (unpaired) electrons. The lowest BCUT2D eigenvalue weighted by atomic mass is 9.95. The summed E-state index contributed by atoms with van der Waals surface area (Å²) in [4.78, 5) is 41.8. The van der Waals surface area contributed by atoms with Gasteiger partial charge in [0.05, 0.1) is 17.9 Å². The summed E-state index contributed by atoms with van der Waals surface area (Å²) in [5, 5.41) is 6.71. The van der Waals surface area contributed by atoms with Gasteiger partial charge in [-0.05, 0) is 61.2 Å². The second-order valence-electron chi connectivity index (χ2n) is 8.89. The molecule has 31 heavy (non-hydrogen) atoms. The van der Waals surface area contributed by atoms with Crippen molar-refractivity contribution < 1.29 is 19.1 Å². The highest BCUT2D eigenvalue weighted by molar-refractivity contribution is 7.07. The molecule has 3 amide bonds. The van der Waals surface area contributed by atoms with Crippen LogP contribution in [0.5, 0.6) is 0 Å². The standard InChI is InChI=1S/C23H27N3O4S/c1-23(2,3)30-22(29)24-17-12-16-6-4-7-18(25-10-5-8-19(25)27)20(16)26(21(17)28)13-15-9-11-31-14-15/h4,6-7,9,11,14,17H,5,8,10,12-13H2,1-3H3,(H,24,29). The Morgan fingerprint density at radius 2 is 2.06 bits per heavy atom. The normalized spacial score (nSPS) is 18.9. The van der Waals surface area contributed by atoms with E-state index in [1.807, 2.05) is 35.0 Å². The summed E-state index contributed by atoms with van der Waals surface area (Å²) < 4.78 is 5.36. The van der Waals surface area contributed by atoms with Crippen LogP contribution < -0.4 is 15.1 Å². The number of anilines is 2. The summed E-state index contributed by atoms with van der Waals surface area (Å²) in [6.07, 6.45) is 1.06. The van der Waals surface area contributed by atoms with E-state index in [0.717, 1.165) is 28.9 Å². The number of nitrogens with zero attached hydrogens (tertiary/aromatic N) is 2. The van der Waals surface area contributed by atoms with Crippen molar-refractivity contribution in [1.82, 2.24) is 5.32 Å². The fourth-order valence-corrected chi connectivity index (χ4v) is 4.72. The molecule has 1 N–H and O–H groups in total. The third kappa shape index (κ3) is 4.58. The molecule has 1 fully saturated rings. The zero-order valence-corrected chi connectivity index (χ0v) is 18.8. The zero-order chi connectivity index (χ0) is 22.2. The van der Waals surface area contributed by atoms with Gasteiger partial charge in [-0.1, -0.05) is 12.1 Å². The molecule has 1 aromatic carbocycles.